The zero-order valence-electron chi connectivity index (χ0n) is 13.7. The minimum atomic E-state index is -0.466. The number of rotatable bonds is 5. The molecule has 130 valence electrons. The van der Waals surface area contributed by atoms with Gasteiger partial charge in [0.25, 0.3) is 11.8 Å². The number of methoxy groups -OCH3 is 2. The maximum Gasteiger partial charge on any atom is 0.269 e. The molecule has 0 fully saturated rings. The third kappa shape index (κ3) is 5.36. The van der Waals surface area contributed by atoms with E-state index in [-0.39, 0.29) is 0 Å². The summed E-state index contributed by atoms with van der Waals surface area (Å²) in [7, 11) is 2.99. The highest BCUT2D eigenvalue weighted by atomic mass is 79.9. The fourth-order valence-electron chi connectivity index (χ4n) is 1.96. The van der Waals surface area contributed by atoms with Gasteiger partial charge < -0.3 is 9.47 Å². The van der Waals surface area contributed by atoms with Crippen LogP contribution in [-0.2, 0) is 4.79 Å². The van der Waals surface area contributed by atoms with Crippen LogP contribution < -0.4 is 20.3 Å². The van der Waals surface area contributed by atoms with Gasteiger partial charge in [-0.3, -0.25) is 20.4 Å². The molecule has 0 aromatic heterocycles. The smallest absolute Gasteiger partial charge is 0.269 e. The first-order chi connectivity index (χ1) is 12.0. The number of hydrazine groups is 1. The Morgan fingerprint density at radius 1 is 0.960 bits per heavy atom. The van der Waals surface area contributed by atoms with Crippen molar-refractivity contribution >= 4 is 33.8 Å². The highest BCUT2D eigenvalue weighted by Gasteiger charge is 2.10. The summed E-state index contributed by atoms with van der Waals surface area (Å²) >= 11 is 3.34. The molecule has 0 aliphatic carbocycles. The van der Waals surface area contributed by atoms with Crippen LogP contribution in [0.1, 0.15) is 15.9 Å². The zero-order chi connectivity index (χ0) is 18.2. The quantitative estimate of drug-likeness (QED) is 0.593. The maximum atomic E-state index is 12.1. The Hall–Kier alpha value is -2.80. The van der Waals surface area contributed by atoms with Gasteiger partial charge in [0.1, 0.15) is 0 Å². The van der Waals surface area contributed by atoms with Crippen molar-refractivity contribution in [3.63, 3.8) is 0 Å². The van der Waals surface area contributed by atoms with Gasteiger partial charge in [-0.2, -0.15) is 0 Å². The number of amides is 2. The van der Waals surface area contributed by atoms with Crippen molar-refractivity contribution in [3.8, 4) is 11.5 Å². The molecule has 2 N–H and O–H groups in total. The van der Waals surface area contributed by atoms with Gasteiger partial charge in [-0.15, -0.1) is 0 Å². The summed E-state index contributed by atoms with van der Waals surface area (Å²) in [4.78, 5) is 23.9. The molecule has 7 heteroatoms. The fraction of sp³-hybridized carbons (Fsp3) is 0.111. The van der Waals surface area contributed by atoms with E-state index in [2.05, 4.69) is 26.8 Å². The molecule has 0 radical (unpaired) electrons. The summed E-state index contributed by atoms with van der Waals surface area (Å²) in [5.41, 5.74) is 5.86. The van der Waals surface area contributed by atoms with Crippen molar-refractivity contribution in [1.82, 2.24) is 10.9 Å². The number of hydrogen-bond acceptors (Lipinski definition) is 4. The fourth-order valence-corrected chi connectivity index (χ4v) is 2.22. The van der Waals surface area contributed by atoms with E-state index in [9.17, 15) is 9.59 Å². The molecule has 2 aromatic rings. The minimum absolute atomic E-state index is 0.329. The van der Waals surface area contributed by atoms with Crippen LogP contribution in [0.4, 0.5) is 0 Å². The number of carbonyl (C=O) groups excluding carboxylic acids is 2. The normalized spacial score (nSPS) is 10.4. The monoisotopic (exact) mass is 404 g/mol. The van der Waals surface area contributed by atoms with E-state index in [1.807, 2.05) is 24.3 Å². The van der Waals surface area contributed by atoms with Crippen molar-refractivity contribution in [1.29, 1.82) is 0 Å². The Balaban J connectivity index is 1.92. The molecule has 2 aromatic carbocycles. The van der Waals surface area contributed by atoms with Gasteiger partial charge in [-0.05, 0) is 42.0 Å². The predicted octanol–water partition coefficient (Wildman–Crippen LogP) is 2.94. The van der Waals surface area contributed by atoms with E-state index < -0.39 is 11.8 Å². The highest BCUT2D eigenvalue weighted by molar-refractivity contribution is 9.10. The van der Waals surface area contributed by atoms with Crippen LogP contribution in [0.15, 0.2) is 53.0 Å². The van der Waals surface area contributed by atoms with Crippen LogP contribution in [0.5, 0.6) is 11.5 Å². The molecule has 0 bridgehead atoms. The average Bonchev–Trinajstić information content (AvgIpc) is 2.64. The van der Waals surface area contributed by atoms with Gasteiger partial charge in [-0.1, -0.05) is 28.1 Å². The molecule has 0 saturated carbocycles. The molecule has 2 amide bonds. The maximum absolute atomic E-state index is 12.1. The summed E-state index contributed by atoms with van der Waals surface area (Å²) in [5.74, 6) is 0.0280. The third-order valence-corrected chi connectivity index (χ3v) is 3.77. The van der Waals surface area contributed by atoms with E-state index in [0.29, 0.717) is 17.1 Å². The largest absolute Gasteiger partial charge is 0.493 e. The molecule has 0 aliphatic rings. The third-order valence-electron chi connectivity index (χ3n) is 3.24. The molecular formula is C18H17BrN2O4. The Labute approximate surface area is 153 Å². The van der Waals surface area contributed by atoms with E-state index in [1.165, 1.54) is 26.4 Å². The summed E-state index contributed by atoms with van der Waals surface area (Å²) < 4.78 is 11.2. The zero-order valence-corrected chi connectivity index (χ0v) is 15.3. The van der Waals surface area contributed by atoms with Crippen LogP contribution in [0, 0.1) is 0 Å². The summed E-state index contributed by atoms with van der Waals surface area (Å²) in [6, 6.07) is 12.2. The Morgan fingerprint density at radius 3 is 2.28 bits per heavy atom. The van der Waals surface area contributed by atoms with E-state index in [0.717, 1.165) is 10.0 Å². The standard InChI is InChI=1S/C18H17BrN2O4/c1-24-15-9-6-13(11-16(15)25-2)18(23)21-20-17(22)10-5-12-3-7-14(19)8-4-12/h3-11H,1-2H3,(H,20,22)(H,21,23)/b10-5+. The minimum Gasteiger partial charge on any atom is -0.493 e. The molecule has 0 atom stereocenters. The molecule has 0 aliphatic heterocycles. The van der Waals surface area contributed by atoms with Gasteiger partial charge in [0.15, 0.2) is 11.5 Å². The lowest BCUT2D eigenvalue weighted by atomic mass is 10.2. The highest BCUT2D eigenvalue weighted by Crippen LogP contribution is 2.27. The topological polar surface area (TPSA) is 76.7 Å². The Bertz CT molecular complexity index is 788. The van der Waals surface area contributed by atoms with Gasteiger partial charge in [-0.25, -0.2) is 0 Å². The first-order valence-electron chi connectivity index (χ1n) is 7.29. The molecule has 6 nitrogen and oxygen atoms in total. The van der Waals surface area contributed by atoms with Crippen LogP contribution in [-0.4, -0.2) is 26.0 Å². The lowest BCUT2D eigenvalue weighted by Crippen LogP contribution is -2.40. The van der Waals surface area contributed by atoms with Crippen molar-refractivity contribution in [2.24, 2.45) is 0 Å². The lowest BCUT2D eigenvalue weighted by Gasteiger charge is -2.10. The number of nitrogens with one attached hydrogen (secondary N) is 2. The number of halogens is 1. The summed E-state index contributed by atoms with van der Waals surface area (Å²) in [5, 5.41) is 0. The lowest BCUT2D eigenvalue weighted by molar-refractivity contribution is -0.117. The Morgan fingerprint density at radius 2 is 1.64 bits per heavy atom. The second-order valence-corrected chi connectivity index (χ2v) is 5.81. The Kier molecular flexibility index (Phi) is 6.59. The summed E-state index contributed by atoms with van der Waals surface area (Å²) in [6.07, 6.45) is 2.97. The predicted molar refractivity (Wildman–Crippen MR) is 98.3 cm³/mol. The molecule has 25 heavy (non-hydrogen) atoms. The van der Waals surface area contributed by atoms with Crippen molar-refractivity contribution in [2.75, 3.05) is 14.2 Å². The summed E-state index contributed by atoms with van der Waals surface area (Å²) in [6.45, 7) is 0. The average molecular weight is 405 g/mol. The van der Waals surface area contributed by atoms with Gasteiger partial charge in [0, 0.05) is 16.1 Å². The van der Waals surface area contributed by atoms with Crippen LogP contribution in [0.2, 0.25) is 0 Å². The number of ether oxygens (including phenoxy) is 2. The SMILES string of the molecule is COc1ccc(C(=O)NNC(=O)/C=C/c2ccc(Br)cc2)cc1OC. The van der Waals surface area contributed by atoms with Gasteiger partial charge in [0.05, 0.1) is 14.2 Å². The molecule has 0 unspecified atom stereocenters. The van der Waals surface area contributed by atoms with E-state index in [1.54, 1.807) is 18.2 Å². The molecule has 0 saturated heterocycles. The van der Waals surface area contributed by atoms with Crippen LogP contribution in [0.3, 0.4) is 0 Å². The van der Waals surface area contributed by atoms with Crippen LogP contribution >= 0.6 is 15.9 Å². The number of hydrogen-bond donors (Lipinski definition) is 2. The number of benzene rings is 2. The van der Waals surface area contributed by atoms with Crippen LogP contribution in [0.25, 0.3) is 6.08 Å². The van der Waals surface area contributed by atoms with Gasteiger partial charge in [0.2, 0.25) is 0 Å². The molecule has 0 heterocycles. The van der Waals surface area contributed by atoms with Gasteiger partial charge >= 0.3 is 0 Å². The molecular weight excluding hydrogens is 388 g/mol. The first kappa shape index (κ1) is 18.5. The van der Waals surface area contributed by atoms with E-state index in [4.69, 9.17) is 9.47 Å². The second kappa shape index (κ2) is 8.89. The van der Waals surface area contributed by atoms with Crippen molar-refractivity contribution < 1.29 is 19.1 Å². The first-order valence-corrected chi connectivity index (χ1v) is 8.09. The number of carbonyl (C=O) groups is 2. The van der Waals surface area contributed by atoms with Crippen molar-refractivity contribution in [3.05, 3.63) is 64.1 Å². The second-order valence-electron chi connectivity index (χ2n) is 4.90. The van der Waals surface area contributed by atoms with Crippen molar-refractivity contribution in [2.45, 2.75) is 0 Å². The molecule has 0 spiro atoms. The van der Waals surface area contributed by atoms with E-state index >= 15 is 0 Å². The molecule has 2 rings (SSSR count).